The fraction of sp³-hybridized carbons (Fsp3) is 0.368. The molecule has 0 aliphatic carbocycles. The van der Waals surface area contributed by atoms with Crippen molar-refractivity contribution in [3.63, 3.8) is 0 Å². The number of carbonyl (C=O) groups is 1. The minimum Gasteiger partial charge on any atom is -0.389 e. The smallest absolute Gasteiger partial charge is 0.220 e. The highest BCUT2D eigenvalue weighted by atomic mass is 16.3. The molecular formula is C19H22N6O2. The predicted octanol–water partition coefficient (Wildman–Crippen LogP) is 1.04. The molecular weight excluding hydrogens is 344 g/mol. The van der Waals surface area contributed by atoms with Crippen LogP contribution in [-0.2, 0) is 11.2 Å². The largest absolute Gasteiger partial charge is 0.389 e. The van der Waals surface area contributed by atoms with E-state index in [4.69, 9.17) is 0 Å². The molecule has 8 nitrogen and oxygen atoms in total. The molecule has 2 unspecified atom stereocenters. The first kappa shape index (κ1) is 17.4. The molecule has 0 spiro atoms. The van der Waals surface area contributed by atoms with Crippen LogP contribution in [0.1, 0.15) is 18.7 Å². The molecule has 1 aliphatic heterocycles. The Morgan fingerprint density at radius 1 is 1.33 bits per heavy atom. The van der Waals surface area contributed by atoms with Gasteiger partial charge in [0.2, 0.25) is 5.91 Å². The normalized spacial score (nSPS) is 20.0. The first-order chi connectivity index (χ1) is 13.2. The van der Waals surface area contributed by atoms with E-state index in [-0.39, 0.29) is 11.9 Å². The van der Waals surface area contributed by atoms with Gasteiger partial charge in [0.15, 0.2) is 0 Å². The monoisotopic (exact) mass is 366 g/mol. The summed E-state index contributed by atoms with van der Waals surface area (Å²) in [6.07, 6.45) is 5.82. The number of hydrogen-bond donors (Lipinski definition) is 3. The Morgan fingerprint density at radius 3 is 3.00 bits per heavy atom. The zero-order chi connectivity index (χ0) is 18.6. The second-order valence-corrected chi connectivity index (χ2v) is 6.74. The van der Waals surface area contributed by atoms with Crippen LogP contribution >= 0.6 is 0 Å². The summed E-state index contributed by atoms with van der Waals surface area (Å²) in [7, 11) is 0. The van der Waals surface area contributed by atoms with Crippen LogP contribution < -0.4 is 10.2 Å². The number of aliphatic hydroxyl groups is 1. The van der Waals surface area contributed by atoms with Crippen LogP contribution in [-0.4, -0.2) is 56.2 Å². The highest BCUT2D eigenvalue weighted by Gasteiger charge is 2.29. The van der Waals surface area contributed by atoms with E-state index < -0.39 is 6.10 Å². The van der Waals surface area contributed by atoms with Gasteiger partial charge in [-0.2, -0.15) is 0 Å². The fourth-order valence-electron chi connectivity index (χ4n) is 3.40. The summed E-state index contributed by atoms with van der Waals surface area (Å²) < 4.78 is 0. The first-order valence-corrected chi connectivity index (χ1v) is 9.11. The molecule has 1 amide bonds. The van der Waals surface area contributed by atoms with E-state index in [0.717, 1.165) is 22.7 Å². The number of H-pyrrole nitrogens is 1. The summed E-state index contributed by atoms with van der Waals surface area (Å²) in [5.74, 6) is 1.46. The van der Waals surface area contributed by atoms with E-state index >= 15 is 0 Å². The molecule has 0 bridgehead atoms. The number of nitrogens with zero attached hydrogens (tertiary/aromatic N) is 4. The van der Waals surface area contributed by atoms with Gasteiger partial charge in [0.25, 0.3) is 0 Å². The van der Waals surface area contributed by atoms with Gasteiger partial charge in [-0.3, -0.25) is 9.78 Å². The van der Waals surface area contributed by atoms with Gasteiger partial charge in [-0.05, 0) is 18.6 Å². The molecule has 1 aromatic carbocycles. The van der Waals surface area contributed by atoms with Crippen LogP contribution in [0, 0.1) is 0 Å². The number of para-hydroxylation sites is 2. The number of aryl methyl sites for hydroxylation is 1. The maximum atomic E-state index is 12.3. The Bertz CT molecular complexity index is 880. The predicted molar refractivity (Wildman–Crippen MR) is 101 cm³/mol. The number of hydrogen-bond acceptors (Lipinski definition) is 6. The second kappa shape index (κ2) is 7.71. The van der Waals surface area contributed by atoms with Gasteiger partial charge < -0.3 is 20.3 Å². The molecule has 3 aromatic rings. The molecule has 27 heavy (non-hydrogen) atoms. The van der Waals surface area contributed by atoms with Crippen molar-refractivity contribution in [2.75, 3.05) is 18.0 Å². The molecule has 2 aromatic heterocycles. The molecule has 8 heteroatoms. The average Bonchev–Trinajstić information content (AvgIpc) is 3.12. The molecule has 1 fully saturated rings. The van der Waals surface area contributed by atoms with Crippen molar-refractivity contribution in [1.82, 2.24) is 25.3 Å². The molecule has 2 atom stereocenters. The van der Waals surface area contributed by atoms with Crippen molar-refractivity contribution < 1.29 is 9.90 Å². The number of aliphatic hydroxyl groups excluding tert-OH is 1. The molecule has 1 aliphatic rings. The van der Waals surface area contributed by atoms with Crippen LogP contribution in [0.25, 0.3) is 11.0 Å². The van der Waals surface area contributed by atoms with Crippen molar-refractivity contribution in [3.05, 3.63) is 48.7 Å². The summed E-state index contributed by atoms with van der Waals surface area (Å²) in [5.41, 5.74) is 1.87. The van der Waals surface area contributed by atoms with E-state index in [2.05, 4.69) is 25.3 Å². The minimum atomic E-state index is -0.643. The van der Waals surface area contributed by atoms with Gasteiger partial charge in [-0.25, -0.2) is 9.97 Å². The Kier molecular flexibility index (Phi) is 4.97. The van der Waals surface area contributed by atoms with Crippen molar-refractivity contribution in [2.45, 2.75) is 31.4 Å². The number of nitrogens with one attached hydrogen (secondary N) is 2. The van der Waals surface area contributed by atoms with Crippen LogP contribution in [0.2, 0.25) is 0 Å². The Hall–Kier alpha value is -3.00. The second-order valence-electron chi connectivity index (χ2n) is 6.74. The molecule has 140 valence electrons. The lowest BCUT2D eigenvalue weighted by molar-refractivity contribution is -0.122. The lowest BCUT2D eigenvalue weighted by Gasteiger charge is -2.36. The number of rotatable bonds is 5. The van der Waals surface area contributed by atoms with Crippen LogP contribution in [0.3, 0.4) is 0 Å². The number of β-amino-alcohol motifs (C(OH)–C–C–N with tert-alkyl or cyclic N) is 1. The summed E-state index contributed by atoms with van der Waals surface area (Å²) in [4.78, 5) is 30.3. The minimum absolute atomic E-state index is 0.0764. The average molecular weight is 366 g/mol. The SMILES string of the molecule is O=C(CCc1nc2ccccc2[nH]1)NC1CCN(c2cnccn2)CC1O. The number of fused-ring (bicyclic) bond motifs is 1. The summed E-state index contributed by atoms with van der Waals surface area (Å²) in [6, 6.07) is 7.55. The zero-order valence-electron chi connectivity index (χ0n) is 14.9. The number of aromatic amines is 1. The van der Waals surface area contributed by atoms with Gasteiger partial charge in [0.05, 0.1) is 29.4 Å². The van der Waals surface area contributed by atoms with E-state index in [0.29, 0.717) is 32.4 Å². The molecule has 0 saturated carbocycles. The number of benzene rings is 1. The summed E-state index contributed by atoms with van der Waals surface area (Å²) >= 11 is 0. The Labute approximate surface area is 156 Å². The number of imidazole rings is 1. The molecule has 4 rings (SSSR count). The van der Waals surface area contributed by atoms with Gasteiger partial charge in [-0.15, -0.1) is 0 Å². The quantitative estimate of drug-likeness (QED) is 0.623. The highest BCUT2D eigenvalue weighted by molar-refractivity contribution is 5.77. The van der Waals surface area contributed by atoms with Crippen molar-refractivity contribution >= 4 is 22.8 Å². The van der Waals surface area contributed by atoms with Crippen molar-refractivity contribution in [2.24, 2.45) is 0 Å². The Balaban J connectivity index is 1.28. The van der Waals surface area contributed by atoms with Crippen LogP contribution in [0.5, 0.6) is 0 Å². The summed E-state index contributed by atoms with van der Waals surface area (Å²) in [6.45, 7) is 1.14. The molecule has 1 saturated heterocycles. The van der Waals surface area contributed by atoms with Crippen molar-refractivity contribution in [1.29, 1.82) is 0 Å². The van der Waals surface area contributed by atoms with E-state index in [1.54, 1.807) is 18.6 Å². The maximum absolute atomic E-state index is 12.3. The summed E-state index contributed by atoms with van der Waals surface area (Å²) in [5, 5.41) is 13.4. The highest BCUT2D eigenvalue weighted by Crippen LogP contribution is 2.17. The first-order valence-electron chi connectivity index (χ1n) is 9.11. The standard InChI is InChI=1S/C19H22N6O2/c26-16-12-25(18-11-20-8-9-21-18)10-7-15(16)24-19(27)6-5-17-22-13-3-1-2-4-14(13)23-17/h1-4,8-9,11,15-16,26H,5-7,10,12H2,(H,22,23)(H,24,27). The number of aromatic nitrogens is 4. The molecule has 3 N–H and O–H groups in total. The lowest BCUT2D eigenvalue weighted by atomic mass is 10.0. The third-order valence-corrected chi connectivity index (χ3v) is 4.83. The Morgan fingerprint density at radius 2 is 2.22 bits per heavy atom. The fourth-order valence-corrected chi connectivity index (χ4v) is 3.40. The van der Waals surface area contributed by atoms with E-state index in [1.807, 2.05) is 29.2 Å². The molecule has 3 heterocycles. The number of piperidine rings is 1. The van der Waals surface area contributed by atoms with Gasteiger partial charge in [0, 0.05) is 38.3 Å². The van der Waals surface area contributed by atoms with E-state index in [9.17, 15) is 9.90 Å². The number of amides is 1. The van der Waals surface area contributed by atoms with Crippen LogP contribution in [0.15, 0.2) is 42.9 Å². The number of carbonyl (C=O) groups excluding carboxylic acids is 1. The van der Waals surface area contributed by atoms with Crippen LogP contribution in [0.4, 0.5) is 5.82 Å². The third-order valence-electron chi connectivity index (χ3n) is 4.83. The van der Waals surface area contributed by atoms with Gasteiger partial charge in [0.1, 0.15) is 11.6 Å². The zero-order valence-corrected chi connectivity index (χ0v) is 14.9. The van der Waals surface area contributed by atoms with Gasteiger partial charge >= 0.3 is 0 Å². The molecule has 0 radical (unpaired) electrons. The lowest BCUT2D eigenvalue weighted by Crippen LogP contribution is -2.54. The van der Waals surface area contributed by atoms with Gasteiger partial charge in [-0.1, -0.05) is 12.1 Å². The topological polar surface area (TPSA) is 107 Å². The van der Waals surface area contributed by atoms with Crippen molar-refractivity contribution in [3.8, 4) is 0 Å². The number of anilines is 1. The third kappa shape index (κ3) is 4.06. The maximum Gasteiger partial charge on any atom is 0.220 e. The van der Waals surface area contributed by atoms with E-state index in [1.165, 1.54) is 0 Å².